The van der Waals surface area contributed by atoms with Gasteiger partial charge in [0.25, 0.3) is 0 Å². The zero-order valence-electron chi connectivity index (χ0n) is 13.1. The van der Waals surface area contributed by atoms with Crippen LogP contribution in [-0.2, 0) is 9.59 Å². The number of amides is 1. The predicted molar refractivity (Wildman–Crippen MR) is 78.5 cm³/mol. The molecule has 0 aromatic rings. The standard InChI is InChI=1S/C15H28N2O3/c1-11(2)15(3,14(19)20)9-13(18)16-10-12-7-5-6-8-17(12)4/h11-12H,5-10H2,1-4H3,(H,16,18)(H,19,20). The molecule has 1 saturated heterocycles. The first-order valence-electron chi connectivity index (χ1n) is 7.47. The Labute approximate surface area is 121 Å². The molecule has 0 saturated carbocycles. The summed E-state index contributed by atoms with van der Waals surface area (Å²) in [5, 5.41) is 12.2. The summed E-state index contributed by atoms with van der Waals surface area (Å²) in [4.78, 5) is 25.7. The third-order valence-corrected chi connectivity index (χ3v) is 4.75. The molecule has 1 rings (SSSR count). The molecular formula is C15H28N2O3. The zero-order valence-corrected chi connectivity index (χ0v) is 13.1. The maximum Gasteiger partial charge on any atom is 0.310 e. The largest absolute Gasteiger partial charge is 0.481 e. The lowest BCUT2D eigenvalue weighted by Gasteiger charge is -2.33. The van der Waals surface area contributed by atoms with Crippen molar-refractivity contribution in [1.82, 2.24) is 10.2 Å². The van der Waals surface area contributed by atoms with Gasteiger partial charge >= 0.3 is 5.97 Å². The number of hydrogen-bond donors (Lipinski definition) is 2. The van der Waals surface area contributed by atoms with E-state index in [0.717, 1.165) is 13.0 Å². The maximum atomic E-state index is 12.0. The highest BCUT2D eigenvalue weighted by Crippen LogP contribution is 2.31. The molecule has 2 N–H and O–H groups in total. The Morgan fingerprint density at radius 2 is 2.05 bits per heavy atom. The Morgan fingerprint density at radius 3 is 2.55 bits per heavy atom. The first-order valence-corrected chi connectivity index (χ1v) is 7.47. The summed E-state index contributed by atoms with van der Waals surface area (Å²) in [5.41, 5.74) is -0.997. The third-order valence-electron chi connectivity index (χ3n) is 4.75. The van der Waals surface area contributed by atoms with Gasteiger partial charge in [-0.15, -0.1) is 0 Å². The van der Waals surface area contributed by atoms with Gasteiger partial charge in [-0.25, -0.2) is 0 Å². The monoisotopic (exact) mass is 284 g/mol. The normalized spacial score (nSPS) is 23.4. The number of hydrogen-bond acceptors (Lipinski definition) is 3. The molecule has 1 heterocycles. The van der Waals surface area contributed by atoms with Crippen molar-refractivity contribution in [2.45, 2.75) is 52.5 Å². The molecule has 1 aliphatic rings. The third kappa shape index (κ3) is 4.20. The molecule has 2 unspecified atom stereocenters. The Morgan fingerprint density at radius 1 is 1.40 bits per heavy atom. The molecule has 116 valence electrons. The second kappa shape index (κ2) is 7.07. The number of likely N-dealkylation sites (tertiary alicyclic amines) is 1. The second-order valence-corrected chi connectivity index (χ2v) is 6.49. The first kappa shape index (κ1) is 17.0. The van der Waals surface area contributed by atoms with Crippen LogP contribution in [0.15, 0.2) is 0 Å². The smallest absolute Gasteiger partial charge is 0.310 e. The van der Waals surface area contributed by atoms with E-state index in [1.807, 2.05) is 13.8 Å². The molecule has 0 radical (unpaired) electrons. The lowest BCUT2D eigenvalue weighted by Crippen LogP contribution is -2.46. The van der Waals surface area contributed by atoms with Crippen molar-refractivity contribution >= 4 is 11.9 Å². The van der Waals surface area contributed by atoms with Gasteiger partial charge < -0.3 is 15.3 Å². The number of aliphatic carboxylic acids is 1. The van der Waals surface area contributed by atoms with Crippen molar-refractivity contribution in [3.05, 3.63) is 0 Å². The number of carbonyl (C=O) groups is 2. The van der Waals surface area contributed by atoms with Crippen LogP contribution in [0.1, 0.15) is 46.5 Å². The summed E-state index contributed by atoms with van der Waals surface area (Å²) in [6.07, 6.45) is 3.54. The van der Waals surface area contributed by atoms with E-state index < -0.39 is 11.4 Å². The lowest BCUT2D eigenvalue weighted by atomic mass is 9.76. The van der Waals surface area contributed by atoms with Crippen LogP contribution >= 0.6 is 0 Å². The molecule has 20 heavy (non-hydrogen) atoms. The minimum atomic E-state index is -0.997. The van der Waals surface area contributed by atoms with Crippen LogP contribution in [0.25, 0.3) is 0 Å². The molecule has 0 aliphatic carbocycles. The summed E-state index contributed by atoms with van der Waals surface area (Å²) >= 11 is 0. The van der Waals surface area contributed by atoms with Gasteiger partial charge in [0.1, 0.15) is 0 Å². The molecule has 0 bridgehead atoms. The Bertz CT molecular complexity index is 357. The fourth-order valence-corrected chi connectivity index (χ4v) is 2.56. The highest BCUT2D eigenvalue weighted by Gasteiger charge is 2.38. The van der Waals surface area contributed by atoms with E-state index in [1.165, 1.54) is 12.8 Å². The van der Waals surface area contributed by atoms with Gasteiger partial charge in [0, 0.05) is 19.0 Å². The molecule has 1 fully saturated rings. The van der Waals surface area contributed by atoms with Crippen LogP contribution < -0.4 is 5.32 Å². The number of likely N-dealkylation sites (N-methyl/N-ethyl adjacent to an activating group) is 1. The lowest BCUT2D eigenvalue weighted by molar-refractivity contribution is -0.153. The van der Waals surface area contributed by atoms with Gasteiger partial charge in [0.05, 0.1) is 5.41 Å². The van der Waals surface area contributed by atoms with E-state index in [2.05, 4.69) is 17.3 Å². The summed E-state index contributed by atoms with van der Waals surface area (Å²) in [6, 6.07) is 0.378. The van der Waals surface area contributed by atoms with Gasteiger partial charge in [-0.1, -0.05) is 20.3 Å². The highest BCUT2D eigenvalue weighted by atomic mass is 16.4. The molecule has 5 nitrogen and oxygen atoms in total. The molecule has 0 aromatic carbocycles. The molecule has 0 spiro atoms. The summed E-state index contributed by atoms with van der Waals surface area (Å²) in [7, 11) is 2.07. The average molecular weight is 284 g/mol. The van der Waals surface area contributed by atoms with E-state index in [-0.39, 0.29) is 18.2 Å². The number of rotatable bonds is 6. The van der Waals surface area contributed by atoms with Gasteiger partial charge in [0.15, 0.2) is 0 Å². The van der Waals surface area contributed by atoms with Crippen molar-refractivity contribution in [3.63, 3.8) is 0 Å². The number of nitrogens with one attached hydrogen (secondary N) is 1. The Kier molecular flexibility index (Phi) is 5.99. The zero-order chi connectivity index (χ0) is 15.3. The van der Waals surface area contributed by atoms with Crippen LogP contribution in [0.4, 0.5) is 0 Å². The number of carbonyl (C=O) groups excluding carboxylic acids is 1. The van der Waals surface area contributed by atoms with Crippen LogP contribution in [0.5, 0.6) is 0 Å². The summed E-state index contributed by atoms with van der Waals surface area (Å²) in [6.45, 7) is 7.02. The van der Waals surface area contributed by atoms with Gasteiger partial charge in [-0.3, -0.25) is 9.59 Å². The fourth-order valence-electron chi connectivity index (χ4n) is 2.56. The molecule has 1 amide bonds. The van der Waals surface area contributed by atoms with E-state index in [9.17, 15) is 14.7 Å². The summed E-state index contributed by atoms with van der Waals surface area (Å²) in [5.74, 6) is -1.15. The van der Waals surface area contributed by atoms with Crippen molar-refractivity contribution < 1.29 is 14.7 Å². The quantitative estimate of drug-likeness (QED) is 0.779. The van der Waals surface area contributed by atoms with Crippen LogP contribution in [-0.4, -0.2) is 48.1 Å². The summed E-state index contributed by atoms with van der Waals surface area (Å²) < 4.78 is 0. The van der Waals surface area contributed by atoms with E-state index in [4.69, 9.17) is 0 Å². The first-order chi connectivity index (χ1) is 9.27. The SMILES string of the molecule is CC(C)C(C)(CC(=O)NCC1CCCCN1C)C(=O)O. The van der Waals surface area contributed by atoms with E-state index in [1.54, 1.807) is 6.92 Å². The van der Waals surface area contributed by atoms with Gasteiger partial charge in [-0.05, 0) is 39.3 Å². The molecular weight excluding hydrogens is 256 g/mol. The molecule has 2 atom stereocenters. The Hall–Kier alpha value is -1.10. The Balaban J connectivity index is 2.48. The number of piperidine rings is 1. The van der Waals surface area contributed by atoms with Crippen molar-refractivity contribution in [3.8, 4) is 0 Å². The number of carboxylic acid groups (broad SMARTS) is 1. The van der Waals surface area contributed by atoms with E-state index >= 15 is 0 Å². The fraction of sp³-hybridized carbons (Fsp3) is 0.867. The van der Waals surface area contributed by atoms with Crippen LogP contribution in [0, 0.1) is 11.3 Å². The van der Waals surface area contributed by atoms with Crippen LogP contribution in [0.3, 0.4) is 0 Å². The topological polar surface area (TPSA) is 69.6 Å². The minimum absolute atomic E-state index is 0.0381. The van der Waals surface area contributed by atoms with Crippen LogP contribution in [0.2, 0.25) is 0 Å². The van der Waals surface area contributed by atoms with Crippen molar-refractivity contribution in [2.24, 2.45) is 11.3 Å². The molecule has 0 aromatic heterocycles. The minimum Gasteiger partial charge on any atom is -0.481 e. The van der Waals surface area contributed by atoms with E-state index in [0.29, 0.717) is 12.6 Å². The van der Waals surface area contributed by atoms with Crippen molar-refractivity contribution in [1.29, 1.82) is 0 Å². The predicted octanol–water partition coefficient (Wildman–Crippen LogP) is 1.72. The number of carboxylic acids is 1. The molecule has 1 aliphatic heterocycles. The number of nitrogens with zero attached hydrogens (tertiary/aromatic N) is 1. The average Bonchev–Trinajstić information content (AvgIpc) is 2.37. The second-order valence-electron chi connectivity index (χ2n) is 6.49. The molecule has 5 heteroatoms. The van der Waals surface area contributed by atoms with Crippen molar-refractivity contribution in [2.75, 3.05) is 20.1 Å². The van der Waals surface area contributed by atoms with Gasteiger partial charge in [-0.2, -0.15) is 0 Å². The van der Waals surface area contributed by atoms with Gasteiger partial charge in [0.2, 0.25) is 5.91 Å². The highest BCUT2D eigenvalue weighted by molar-refractivity contribution is 5.84. The maximum absolute atomic E-state index is 12.0.